The molecule has 1 aromatic heterocycles. The van der Waals surface area contributed by atoms with E-state index in [0.29, 0.717) is 17.3 Å². The van der Waals surface area contributed by atoms with Gasteiger partial charge in [-0.15, -0.1) is 0 Å². The Bertz CT molecular complexity index is 1010. The molecule has 0 amide bonds. The lowest BCUT2D eigenvalue weighted by molar-refractivity contribution is 0.601. The number of sulfonamides is 1. The average molecular weight is 369 g/mol. The second-order valence-electron chi connectivity index (χ2n) is 6.62. The monoisotopic (exact) mass is 369 g/mol. The number of benzene rings is 2. The molecule has 0 fully saturated rings. The van der Waals surface area contributed by atoms with Crippen molar-refractivity contribution < 1.29 is 8.42 Å². The predicted octanol–water partition coefficient (Wildman–Crippen LogP) is 4.41. The minimum absolute atomic E-state index is 0.244. The van der Waals surface area contributed by atoms with Gasteiger partial charge < -0.3 is 0 Å². The van der Waals surface area contributed by atoms with E-state index in [0.717, 1.165) is 16.9 Å². The van der Waals surface area contributed by atoms with Gasteiger partial charge in [0.15, 0.2) is 0 Å². The Morgan fingerprint density at radius 3 is 2.15 bits per heavy atom. The minimum atomic E-state index is -3.67. The topological polar surface area (TPSA) is 64.0 Å². The van der Waals surface area contributed by atoms with E-state index in [-0.39, 0.29) is 4.90 Å². The van der Waals surface area contributed by atoms with Crippen LogP contribution in [0, 0.1) is 13.8 Å². The predicted molar refractivity (Wildman–Crippen MR) is 104 cm³/mol. The summed E-state index contributed by atoms with van der Waals surface area (Å²) in [6.07, 6.45) is 0. The molecule has 3 aromatic rings. The Kier molecular flexibility index (Phi) is 4.87. The number of anilines is 1. The average Bonchev–Trinajstić information content (AvgIpc) is 2.90. The number of nitrogens with zero attached hydrogens (tertiary/aromatic N) is 2. The quantitative estimate of drug-likeness (QED) is 0.724. The van der Waals surface area contributed by atoms with Gasteiger partial charge in [0.2, 0.25) is 0 Å². The summed E-state index contributed by atoms with van der Waals surface area (Å²) in [5.74, 6) is 0.355. The van der Waals surface area contributed by atoms with E-state index in [2.05, 4.69) is 23.7 Å². The number of hydrogen-bond acceptors (Lipinski definition) is 3. The Morgan fingerprint density at radius 2 is 1.58 bits per heavy atom. The van der Waals surface area contributed by atoms with Gasteiger partial charge in [-0.3, -0.25) is 4.72 Å². The molecule has 0 bridgehead atoms. The molecule has 0 saturated heterocycles. The van der Waals surface area contributed by atoms with E-state index in [1.807, 2.05) is 49.4 Å². The highest BCUT2D eigenvalue weighted by Gasteiger charge is 2.20. The molecule has 1 N–H and O–H groups in total. The summed E-state index contributed by atoms with van der Waals surface area (Å²) in [4.78, 5) is 0.244. The molecule has 26 heavy (non-hydrogen) atoms. The maximum absolute atomic E-state index is 12.8. The Balaban J connectivity index is 1.94. The first kappa shape index (κ1) is 18.2. The third kappa shape index (κ3) is 3.51. The van der Waals surface area contributed by atoms with Crippen molar-refractivity contribution in [1.29, 1.82) is 0 Å². The van der Waals surface area contributed by atoms with E-state index in [1.165, 1.54) is 0 Å². The van der Waals surface area contributed by atoms with E-state index < -0.39 is 10.0 Å². The lowest BCUT2D eigenvalue weighted by Gasteiger charge is -2.11. The summed E-state index contributed by atoms with van der Waals surface area (Å²) >= 11 is 0. The van der Waals surface area contributed by atoms with Crippen LogP contribution >= 0.6 is 0 Å². The van der Waals surface area contributed by atoms with Crippen LogP contribution in [0.2, 0.25) is 0 Å². The van der Waals surface area contributed by atoms with Crippen molar-refractivity contribution in [2.24, 2.45) is 0 Å². The molecule has 6 heteroatoms. The Labute approximate surface area is 154 Å². The highest BCUT2D eigenvalue weighted by molar-refractivity contribution is 7.92. The SMILES string of the molecule is Cc1nn(-c2ccccc2)c(C)c1NS(=O)(=O)c1ccc(C(C)C)cc1. The standard InChI is InChI=1S/C20H23N3O2S/c1-14(2)17-10-12-19(13-11-17)26(24,25)22-20-15(3)21-23(16(20)4)18-8-6-5-7-9-18/h5-14,22H,1-4H3. The van der Waals surface area contributed by atoms with Crippen molar-refractivity contribution in [3.63, 3.8) is 0 Å². The van der Waals surface area contributed by atoms with Crippen molar-refractivity contribution >= 4 is 15.7 Å². The zero-order valence-corrected chi connectivity index (χ0v) is 16.2. The van der Waals surface area contributed by atoms with Gasteiger partial charge in [0.25, 0.3) is 10.0 Å². The first-order valence-corrected chi connectivity index (χ1v) is 10.0. The van der Waals surface area contributed by atoms with Crippen molar-refractivity contribution in [1.82, 2.24) is 9.78 Å². The van der Waals surface area contributed by atoms with Gasteiger partial charge in [0.1, 0.15) is 0 Å². The second-order valence-corrected chi connectivity index (χ2v) is 8.30. The summed E-state index contributed by atoms with van der Waals surface area (Å²) in [5, 5.41) is 4.49. The fraction of sp³-hybridized carbons (Fsp3) is 0.250. The van der Waals surface area contributed by atoms with Gasteiger partial charge in [-0.2, -0.15) is 5.10 Å². The Hall–Kier alpha value is -2.60. The van der Waals surface area contributed by atoms with Crippen LogP contribution in [0.15, 0.2) is 59.5 Å². The normalized spacial score (nSPS) is 11.7. The fourth-order valence-electron chi connectivity index (χ4n) is 2.84. The summed E-state index contributed by atoms with van der Waals surface area (Å²) in [5.41, 5.74) is 3.89. The zero-order valence-electron chi connectivity index (χ0n) is 15.4. The molecule has 0 atom stereocenters. The molecule has 1 heterocycles. The van der Waals surface area contributed by atoms with Crippen molar-refractivity contribution in [3.05, 3.63) is 71.5 Å². The van der Waals surface area contributed by atoms with Gasteiger partial charge in [0.05, 0.1) is 27.7 Å². The van der Waals surface area contributed by atoms with Crippen LogP contribution in [0.25, 0.3) is 5.69 Å². The van der Waals surface area contributed by atoms with E-state index in [4.69, 9.17) is 0 Å². The number of hydrogen-bond donors (Lipinski definition) is 1. The number of rotatable bonds is 5. The van der Waals surface area contributed by atoms with E-state index in [1.54, 1.807) is 23.7 Å². The van der Waals surface area contributed by atoms with Gasteiger partial charge in [0, 0.05) is 0 Å². The molecule has 5 nitrogen and oxygen atoms in total. The lowest BCUT2D eigenvalue weighted by Crippen LogP contribution is -2.14. The maximum atomic E-state index is 12.8. The first-order valence-electron chi connectivity index (χ1n) is 8.54. The van der Waals surface area contributed by atoms with Crippen LogP contribution < -0.4 is 4.72 Å². The molecule has 0 unspecified atom stereocenters. The van der Waals surface area contributed by atoms with Crippen molar-refractivity contribution in [2.75, 3.05) is 4.72 Å². The highest BCUT2D eigenvalue weighted by atomic mass is 32.2. The summed E-state index contributed by atoms with van der Waals surface area (Å²) in [6, 6.07) is 16.6. The zero-order chi connectivity index (χ0) is 18.9. The number of aryl methyl sites for hydroxylation is 1. The second kappa shape index (κ2) is 6.96. The van der Waals surface area contributed by atoms with Gasteiger partial charge in [-0.1, -0.05) is 44.2 Å². The van der Waals surface area contributed by atoms with Crippen LogP contribution in [0.4, 0.5) is 5.69 Å². The molecule has 2 aromatic carbocycles. The smallest absolute Gasteiger partial charge is 0.262 e. The van der Waals surface area contributed by atoms with E-state index >= 15 is 0 Å². The Morgan fingerprint density at radius 1 is 0.962 bits per heavy atom. The molecule has 136 valence electrons. The molecule has 0 aliphatic rings. The van der Waals surface area contributed by atoms with Crippen LogP contribution in [0.1, 0.15) is 36.7 Å². The lowest BCUT2D eigenvalue weighted by atomic mass is 10.0. The maximum Gasteiger partial charge on any atom is 0.262 e. The molecule has 0 radical (unpaired) electrons. The van der Waals surface area contributed by atoms with Crippen LogP contribution in [0.5, 0.6) is 0 Å². The summed E-state index contributed by atoms with van der Waals surface area (Å²) in [6.45, 7) is 7.80. The number of aromatic nitrogens is 2. The van der Waals surface area contributed by atoms with E-state index in [9.17, 15) is 8.42 Å². The molecule has 0 aliphatic heterocycles. The van der Waals surface area contributed by atoms with Gasteiger partial charge in [-0.05, 0) is 49.6 Å². The number of nitrogens with one attached hydrogen (secondary N) is 1. The molecule has 3 rings (SSSR count). The molecule has 0 aliphatic carbocycles. The van der Waals surface area contributed by atoms with Gasteiger partial charge in [-0.25, -0.2) is 13.1 Å². The molecule has 0 spiro atoms. The molecular weight excluding hydrogens is 346 g/mol. The number of para-hydroxylation sites is 1. The van der Waals surface area contributed by atoms with Crippen LogP contribution in [-0.4, -0.2) is 18.2 Å². The summed E-state index contributed by atoms with van der Waals surface area (Å²) < 4.78 is 30.0. The highest BCUT2D eigenvalue weighted by Crippen LogP contribution is 2.26. The third-order valence-corrected chi connectivity index (χ3v) is 5.75. The first-order chi connectivity index (χ1) is 12.3. The minimum Gasteiger partial charge on any atom is -0.276 e. The van der Waals surface area contributed by atoms with Crippen molar-refractivity contribution in [3.8, 4) is 5.69 Å². The van der Waals surface area contributed by atoms with Crippen molar-refractivity contribution in [2.45, 2.75) is 38.5 Å². The largest absolute Gasteiger partial charge is 0.276 e. The van der Waals surface area contributed by atoms with Crippen LogP contribution in [0.3, 0.4) is 0 Å². The van der Waals surface area contributed by atoms with Gasteiger partial charge >= 0.3 is 0 Å². The fourth-order valence-corrected chi connectivity index (χ4v) is 4.01. The van der Waals surface area contributed by atoms with Crippen LogP contribution in [-0.2, 0) is 10.0 Å². The molecular formula is C20H23N3O2S. The summed E-state index contributed by atoms with van der Waals surface area (Å²) in [7, 11) is -3.67. The third-order valence-electron chi connectivity index (χ3n) is 4.39. The molecule has 0 saturated carbocycles.